The first-order valence-electron chi connectivity index (χ1n) is 5.78. The lowest BCUT2D eigenvalue weighted by atomic mass is 9.90. The molecule has 1 atom stereocenters. The molecule has 2 rings (SSSR count). The van der Waals surface area contributed by atoms with E-state index in [0.717, 1.165) is 0 Å². The predicted molar refractivity (Wildman–Crippen MR) is 67.4 cm³/mol. The predicted octanol–water partition coefficient (Wildman–Crippen LogP) is 1.76. The summed E-state index contributed by atoms with van der Waals surface area (Å²) in [4.78, 5) is 23.7. The third-order valence-corrected chi connectivity index (χ3v) is 3.10. The molecule has 4 nitrogen and oxygen atoms in total. The van der Waals surface area contributed by atoms with Crippen molar-refractivity contribution in [3.8, 4) is 0 Å². The fraction of sp³-hybridized carbons (Fsp3) is 0.286. The highest BCUT2D eigenvalue weighted by molar-refractivity contribution is 6.07. The number of hydrogen-bond donors (Lipinski definition) is 1. The Labute approximate surface area is 106 Å². The summed E-state index contributed by atoms with van der Waals surface area (Å²) in [5.74, 6) is -0.485. The topological polar surface area (TPSA) is 55.4 Å². The molecule has 1 N–H and O–H groups in total. The zero-order valence-corrected chi connectivity index (χ0v) is 10.4. The quantitative estimate of drug-likeness (QED) is 0.716. The zero-order valence-electron chi connectivity index (χ0n) is 10.4. The first kappa shape index (κ1) is 12.4. The highest BCUT2D eigenvalue weighted by Crippen LogP contribution is 2.42. The van der Waals surface area contributed by atoms with Crippen LogP contribution in [0.5, 0.6) is 0 Å². The van der Waals surface area contributed by atoms with Crippen LogP contribution in [0.3, 0.4) is 0 Å². The third-order valence-electron chi connectivity index (χ3n) is 3.10. The second kappa shape index (κ2) is 4.29. The van der Waals surface area contributed by atoms with Crippen molar-refractivity contribution in [1.82, 2.24) is 5.32 Å². The van der Waals surface area contributed by atoms with Gasteiger partial charge in [0.1, 0.15) is 0 Å². The lowest BCUT2D eigenvalue weighted by molar-refractivity contribution is -0.132. The van der Waals surface area contributed by atoms with Crippen LogP contribution >= 0.6 is 0 Å². The average molecular weight is 245 g/mol. The first-order valence-corrected chi connectivity index (χ1v) is 5.78. The normalized spacial score (nSPS) is 32.0. The van der Waals surface area contributed by atoms with Crippen molar-refractivity contribution in [1.29, 1.82) is 0 Å². The SMILES string of the molecule is C=C1OC2(CC1=O)C(=O)NC(=C/C)/C2=C\C=C/C. The number of amides is 1. The molecule has 2 saturated heterocycles. The van der Waals surface area contributed by atoms with Crippen LogP contribution in [0.2, 0.25) is 0 Å². The molecule has 0 bridgehead atoms. The molecule has 94 valence electrons. The van der Waals surface area contributed by atoms with Crippen molar-refractivity contribution < 1.29 is 14.3 Å². The van der Waals surface area contributed by atoms with Crippen molar-refractivity contribution >= 4 is 11.7 Å². The highest BCUT2D eigenvalue weighted by Gasteiger charge is 2.57. The van der Waals surface area contributed by atoms with Crippen LogP contribution < -0.4 is 5.32 Å². The van der Waals surface area contributed by atoms with Gasteiger partial charge in [0.15, 0.2) is 5.76 Å². The van der Waals surface area contributed by atoms with Gasteiger partial charge in [0, 0.05) is 11.3 Å². The standard InChI is InChI=1S/C14H15NO3/c1-4-6-7-10-11(5-2)15-13(17)14(10)8-12(16)9(3)18-14/h4-7H,3,8H2,1-2H3,(H,15,17)/b6-4-,10-7+,11-5+. The second-order valence-corrected chi connectivity index (χ2v) is 4.21. The van der Waals surface area contributed by atoms with Crippen LogP contribution in [0.15, 0.2) is 47.9 Å². The molecule has 0 aliphatic carbocycles. The minimum absolute atomic E-state index is 0.0123. The van der Waals surface area contributed by atoms with Crippen LogP contribution in [0.4, 0.5) is 0 Å². The van der Waals surface area contributed by atoms with E-state index in [2.05, 4.69) is 11.9 Å². The van der Waals surface area contributed by atoms with E-state index in [1.807, 2.05) is 26.0 Å². The van der Waals surface area contributed by atoms with Gasteiger partial charge in [0.2, 0.25) is 11.4 Å². The van der Waals surface area contributed by atoms with Crippen LogP contribution in [0.25, 0.3) is 0 Å². The third kappa shape index (κ3) is 1.61. The summed E-state index contributed by atoms with van der Waals surface area (Å²) in [6, 6.07) is 0. The van der Waals surface area contributed by atoms with Gasteiger partial charge < -0.3 is 10.1 Å². The summed E-state index contributed by atoms with van der Waals surface area (Å²) >= 11 is 0. The van der Waals surface area contributed by atoms with Gasteiger partial charge >= 0.3 is 0 Å². The fourth-order valence-electron chi connectivity index (χ4n) is 2.18. The lowest BCUT2D eigenvalue weighted by Crippen LogP contribution is -2.38. The summed E-state index contributed by atoms with van der Waals surface area (Å²) in [5.41, 5.74) is 0.135. The van der Waals surface area contributed by atoms with Crippen molar-refractivity contribution in [3.63, 3.8) is 0 Å². The minimum Gasteiger partial charge on any atom is -0.469 e. The Morgan fingerprint density at radius 2 is 2.11 bits per heavy atom. The van der Waals surface area contributed by atoms with Crippen LogP contribution in [-0.4, -0.2) is 17.3 Å². The highest BCUT2D eigenvalue weighted by atomic mass is 16.5. The molecule has 1 amide bonds. The molecule has 4 heteroatoms. The van der Waals surface area contributed by atoms with Crippen molar-refractivity contribution in [3.05, 3.63) is 47.9 Å². The summed E-state index contributed by atoms with van der Waals surface area (Å²) in [7, 11) is 0. The van der Waals surface area contributed by atoms with Crippen LogP contribution in [0.1, 0.15) is 20.3 Å². The monoisotopic (exact) mass is 245 g/mol. The smallest absolute Gasteiger partial charge is 0.273 e. The number of nitrogens with one attached hydrogen (secondary N) is 1. The molecule has 1 unspecified atom stereocenters. The average Bonchev–Trinajstić information content (AvgIpc) is 2.77. The summed E-state index contributed by atoms with van der Waals surface area (Å²) in [6.07, 6.45) is 7.26. The summed E-state index contributed by atoms with van der Waals surface area (Å²) in [6.45, 7) is 7.24. The van der Waals surface area contributed by atoms with E-state index in [4.69, 9.17) is 4.74 Å². The van der Waals surface area contributed by atoms with Crippen LogP contribution in [-0.2, 0) is 14.3 Å². The lowest BCUT2D eigenvalue weighted by Gasteiger charge is -2.20. The van der Waals surface area contributed by atoms with E-state index < -0.39 is 5.60 Å². The summed E-state index contributed by atoms with van der Waals surface area (Å²) < 4.78 is 5.48. The Kier molecular flexibility index (Phi) is 2.95. The molecule has 2 heterocycles. The Balaban J connectivity index is 2.54. The Hall–Kier alpha value is -2.10. The molecule has 2 aliphatic rings. The van der Waals surface area contributed by atoms with Gasteiger partial charge in [-0.3, -0.25) is 9.59 Å². The van der Waals surface area contributed by atoms with Gasteiger partial charge in [0.05, 0.1) is 6.42 Å². The molecule has 1 spiro atoms. The number of hydrogen-bond acceptors (Lipinski definition) is 3. The van der Waals surface area contributed by atoms with E-state index in [1.54, 1.807) is 12.2 Å². The number of carbonyl (C=O) groups excluding carboxylic acids is 2. The number of carbonyl (C=O) groups is 2. The number of ketones is 1. The van der Waals surface area contributed by atoms with Crippen molar-refractivity contribution in [2.75, 3.05) is 0 Å². The molecule has 0 radical (unpaired) electrons. The van der Waals surface area contributed by atoms with E-state index in [-0.39, 0.29) is 23.9 Å². The maximum Gasteiger partial charge on any atom is 0.273 e. The van der Waals surface area contributed by atoms with Gasteiger partial charge in [-0.25, -0.2) is 0 Å². The molecular weight excluding hydrogens is 230 g/mol. The minimum atomic E-state index is -1.23. The Bertz CT molecular complexity index is 507. The van der Waals surface area contributed by atoms with Crippen molar-refractivity contribution in [2.45, 2.75) is 25.9 Å². The van der Waals surface area contributed by atoms with E-state index in [0.29, 0.717) is 11.3 Å². The first-order chi connectivity index (χ1) is 8.55. The maximum absolute atomic E-state index is 12.1. The molecule has 0 aromatic carbocycles. The van der Waals surface area contributed by atoms with Crippen LogP contribution in [0, 0.1) is 0 Å². The van der Waals surface area contributed by atoms with E-state index in [9.17, 15) is 9.59 Å². The van der Waals surface area contributed by atoms with Gasteiger partial charge in [-0.05, 0) is 13.8 Å². The molecule has 0 saturated carbocycles. The van der Waals surface area contributed by atoms with Gasteiger partial charge in [-0.2, -0.15) is 0 Å². The Morgan fingerprint density at radius 1 is 1.39 bits per heavy atom. The molecule has 0 aromatic heterocycles. The van der Waals surface area contributed by atoms with Gasteiger partial charge in [0.25, 0.3) is 5.91 Å². The molecule has 0 aromatic rings. The molecular formula is C14H15NO3. The number of ether oxygens (including phenoxy) is 1. The Morgan fingerprint density at radius 3 is 2.61 bits per heavy atom. The largest absolute Gasteiger partial charge is 0.469 e. The fourth-order valence-corrected chi connectivity index (χ4v) is 2.18. The number of rotatable bonds is 1. The summed E-state index contributed by atoms with van der Waals surface area (Å²) in [5, 5.41) is 2.74. The second-order valence-electron chi connectivity index (χ2n) is 4.21. The van der Waals surface area contributed by atoms with E-state index >= 15 is 0 Å². The van der Waals surface area contributed by atoms with E-state index in [1.165, 1.54) is 0 Å². The maximum atomic E-state index is 12.1. The number of allylic oxidation sites excluding steroid dienone is 5. The molecule has 18 heavy (non-hydrogen) atoms. The van der Waals surface area contributed by atoms with Gasteiger partial charge in [-0.1, -0.05) is 30.9 Å². The number of Topliss-reactive ketones (excluding diaryl/α,β-unsaturated/α-hetero) is 1. The molecule has 2 fully saturated rings. The van der Waals surface area contributed by atoms with Gasteiger partial charge in [-0.15, -0.1) is 0 Å². The molecule has 2 aliphatic heterocycles. The zero-order chi connectivity index (χ0) is 13.3. The van der Waals surface area contributed by atoms with Crippen molar-refractivity contribution in [2.24, 2.45) is 0 Å².